The number of rotatable bonds is 4. The summed E-state index contributed by atoms with van der Waals surface area (Å²) in [6, 6.07) is 1.42. The van der Waals surface area contributed by atoms with E-state index < -0.39 is 0 Å². The lowest BCUT2D eigenvalue weighted by Crippen LogP contribution is -2.51. The molecule has 17 heavy (non-hydrogen) atoms. The summed E-state index contributed by atoms with van der Waals surface area (Å²) in [5.41, 5.74) is 0.233. The lowest BCUT2D eigenvalue weighted by atomic mass is 9.98. The highest BCUT2D eigenvalue weighted by Gasteiger charge is 2.27. The first-order valence-electron chi connectivity index (χ1n) is 6.90. The maximum Gasteiger partial charge on any atom is 0.0161 e. The average Bonchev–Trinajstić information content (AvgIpc) is 2.24. The molecule has 2 nitrogen and oxygen atoms in total. The first kappa shape index (κ1) is 15.3. The molecule has 0 saturated carbocycles. The van der Waals surface area contributed by atoms with Crippen LogP contribution in [0.25, 0.3) is 0 Å². The van der Waals surface area contributed by atoms with E-state index in [1.165, 1.54) is 18.1 Å². The van der Waals surface area contributed by atoms with Gasteiger partial charge in [0.1, 0.15) is 0 Å². The van der Waals surface area contributed by atoms with Crippen molar-refractivity contribution >= 4 is 11.8 Å². The standard InChI is InChI=1S/C14H30N2S/c1-11(9-15-14(4,5)6)13(3)16-7-8-17-10-12(16)2/h11-13,15H,7-10H2,1-6H3. The zero-order chi connectivity index (χ0) is 13.1. The summed E-state index contributed by atoms with van der Waals surface area (Å²) in [6.45, 7) is 16.2. The van der Waals surface area contributed by atoms with Crippen molar-refractivity contribution in [1.29, 1.82) is 0 Å². The van der Waals surface area contributed by atoms with Crippen molar-refractivity contribution in [2.45, 2.75) is 59.2 Å². The fourth-order valence-corrected chi connectivity index (χ4v) is 3.35. The van der Waals surface area contributed by atoms with Crippen molar-refractivity contribution in [2.24, 2.45) is 5.92 Å². The van der Waals surface area contributed by atoms with Gasteiger partial charge in [-0.05, 0) is 47.1 Å². The first-order chi connectivity index (χ1) is 7.81. The summed E-state index contributed by atoms with van der Waals surface area (Å²) in [7, 11) is 0. The maximum atomic E-state index is 3.62. The summed E-state index contributed by atoms with van der Waals surface area (Å²) < 4.78 is 0. The molecular weight excluding hydrogens is 228 g/mol. The van der Waals surface area contributed by atoms with Crippen molar-refractivity contribution in [3.05, 3.63) is 0 Å². The number of hydrogen-bond acceptors (Lipinski definition) is 3. The highest BCUT2D eigenvalue weighted by molar-refractivity contribution is 7.99. The second-order valence-electron chi connectivity index (χ2n) is 6.51. The smallest absolute Gasteiger partial charge is 0.0161 e. The van der Waals surface area contributed by atoms with Gasteiger partial charge in [0.2, 0.25) is 0 Å². The van der Waals surface area contributed by atoms with Crippen molar-refractivity contribution < 1.29 is 0 Å². The molecule has 1 saturated heterocycles. The molecule has 3 atom stereocenters. The van der Waals surface area contributed by atoms with Crippen LogP contribution in [-0.4, -0.2) is 47.1 Å². The lowest BCUT2D eigenvalue weighted by Gasteiger charge is -2.41. The van der Waals surface area contributed by atoms with Crippen LogP contribution in [0.3, 0.4) is 0 Å². The predicted molar refractivity (Wildman–Crippen MR) is 79.9 cm³/mol. The first-order valence-corrected chi connectivity index (χ1v) is 8.05. The molecule has 3 unspecified atom stereocenters. The van der Waals surface area contributed by atoms with Gasteiger partial charge in [0, 0.05) is 35.7 Å². The van der Waals surface area contributed by atoms with Crippen LogP contribution in [0.2, 0.25) is 0 Å². The highest BCUT2D eigenvalue weighted by atomic mass is 32.2. The Kier molecular flexibility index (Phi) is 5.81. The van der Waals surface area contributed by atoms with Crippen LogP contribution in [-0.2, 0) is 0 Å². The molecule has 1 fully saturated rings. The van der Waals surface area contributed by atoms with E-state index >= 15 is 0 Å². The summed E-state index contributed by atoms with van der Waals surface area (Å²) in [6.07, 6.45) is 0. The molecule has 3 heteroatoms. The Balaban J connectivity index is 2.42. The van der Waals surface area contributed by atoms with Gasteiger partial charge in [-0.1, -0.05) is 6.92 Å². The van der Waals surface area contributed by atoms with Gasteiger partial charge in [-0.2, -0.15) is 11.8 Å². The second kappa shape index (κ2) is 6.44. The van der Waals surface area contributed by atoms with E-state index in [0.29, 0.717) is 12.0 Å². The van der Waals surface area contributed by atoms with Crippen LogP contribution in [0, 0.1) is 5.92 Å². The topological polar surface area (TPSA) is 15.3 Å². The number of thioether (sulfide) groups is 1. The Morgan fingerprint density at radius 3 is 2.53 bits per heavy atom. The fraction of sp³-hybridized carbons (Fsp3) is 1.00. The molecule has 1 N–H and O–H groups in total. The van der Waals surface area contributed by atoms with Crippen molar-refractivity contribution in [3.63, 3.8) is 0 Å². The maximum absolute atomic E-state index is 3.62. The van der Waals surface area contributed by atoms with E-state index in [-0.39, 0.29) is 5.54 Å². The van der Waals surface area contributed by atoms with E-state index in [1.807, 2.05) is 0 Å². The summed E-state index contributed by atoms with van der Waals surface area (Å²) in [4.78, 5) is 2.69. The highest BCUT2D eigenvalue weighted by Crippen LogP contribution is 2.22. The van der Waals surface area contributed by atoms with E-state index in [2.05, 4.69) is 63.5 Å². The molecule has 102 valence electrons. The monoisotopic (exact) mass is 258 g/mol. The zero-order valence-corrected chi connectivity index (χ0v) is 13.2. The van der Waals surface area contributed by atoms with Crippen molar-refractivity contribution in [2.75, 3.05) is 24.6 Å². The molecule has 0 bridgehead atoms. The van der Waals surface area contributed by atoms with Gasteiger partial charge in [-0.3, -0.25) is 4.90 Å². The molecule has 1 aliphatic rings. The fourth-order valence-electron chi connectivity index (χ4n) is 2.31. The number of nitrogens with zero attached hydrogens (tertiary/aromatic N) is 1. The van der Waals surface area contributed by atoms with E-state index in [9.17, 15) is 0 Å². The molecule has 0 spiro atoms. The van der Waals surface area contributed by atoms with Crippen molar-refractivity contribution in [1.82, 2.24) is 10.2 Å². The van der Waals surface area contributed by atoms with Crippen LogP contribution >= 0.6 is 11.8 Å². The van der Waals surface area contributed by atoms with Gasteiger partial charge < -0.3 is 5.32 Å². The molecule has 1 aliphatic heterocycles. The minimum Gasteiger partial charge on any atom is -0.312 e. The predicted octanol–water partition coefficient (Wildman–Crippen LogP) is 2.84. The zero-order valence-electron chi connectivity index (χ0n) is 12.4. The lowest BCUT2D eigenvalue weighted by molar-refractivity contribution is 0.127. The summed E-state index contributed by atoms with van der Waals surface area (Å²) in [5, 5.41) is 3.62. The third kappa shape index (κ3) is 5.19. The van der Waals surface area contributed by atoms with Crippen LogP contribution in [0.4, 0.5) is 0 Å². The molecule has 0 aromatic carbocycles. The SMILES string of the molecule is CC(CNC(C)(C)C)C(C)N1CCSCC1C. The third-order valence-electron chi connectivity index (χ3n) is 3.72. The average molecular weight is 258 g/mol. The second-order valence-corrected chi connectivity index (χ2v) is 7.66. The van der Waals surface area contributed by atoms with Crippen LogP contribution in [0.5, 0.6) is 0 Å². The van der Waals surface area contributed by atoms with Gasteiger partial charge in [0.05, 0.1) is 0 Å². The molecular formula is C14H30N2S. The van der Waals surface area contributed by atoms with E-state index in [4.69, 9.17) is 0 Å². The Hall–Kier alpha value is 0.270. The number of hydrogen-bond donors (Lipinski definition) is 1. The Bertz CT molecular complexity index is 225. The van der Waals surface area contributed by atoms with Crippen LogP contribution in [0.15, 0.2) is 0 Å². The quantitative estimate of drug-likeness (QED) is 0.835. The Morgan fingerprint density at radius 1 is 1.35 bits per heavy atom. The largest absolute Gasteiger partial charge is 0.312 e. The minimum absolute atomic E-state index is 0.233. The molecule has 0 amide bonds. The van der Waals surface area contributed by atoms with Crippen LogP contribution < -0.4 is 5.32 Å². The molecule has 0 aliphatic carbocycles. The molecule has 0 aromatic heterocycles. The van der Waals surface area contributed by atoms with Crippen LogP contribution in [0.1, 0.15) is 41.5 Å². The summed E-state index contributed by atoms with van der Waals surface area (Å²) >= 11 is 2.10. The van der Waals surface area contributed by atoms with Crippen molar-refractivity contribution in [3.8, 4) is 0 Å². The Morgan fingerprint density at radius 2 is 2.00 bits per heavy atom. The van der Waals surface area contributed by atoms with E-state index in [0.717, 1.165) is 12.6 Å². The van der Waals surface area contributed by atoms with E-state index in [1.54, 1.807) is 0 Å². The summed E-state index contributed by atoms with van der Waals surface area (Å²) in [5.74, 6) is 3.30. The molecule has 1 heterocycles. The molecule has 1 rings (SSSR count). The minimum atomic E-state index is 0.233. The molecule has 0 radical (unpaired) electrons. The van der Waals surface area contributed by atoms with Gasteiger partial charge in [-0.25, -0.2) is 0 Å². The van der Waals surface area contributed by atoms with Gasteiger partial charge in [0.15, 0.2) is 0 Å². The molecule has 0 aromatic rings. The van der Waals surface area contributed by atoms with Gasteiger partial charge in [0.25, 0.3) is 0 Å². The van der Waals surface area contributed by atoms with Gasteiger partial charge in [-0.15, -0.1) is 0 Å². The Labute approximate surface area is 112 Å². The van der Waals surface area contributed by atoms with Gasteiger partial charge >= 0.3 is 0 Å². The normalized spacial score (nSPS) is 26.8. The number of nitrogens with one attached hydrogen (secondary N) is 1. The third-order valence-corrected chi connectivity index (χ3v) is 4.91.